The second-order valence-electron chi connectivity index (χ2n) is 6.29. The van der Waals surface area contributed by atoms with E-state index in [9.17, 15) is 0 Å². The summed E-state index contributed by atoms with van der Waals surface area (Å²) in [5.74, 6) is 2.31. The van der Waals surface area contributed by atoms with Crippen LogP contribution in [0, 0.1) is 13.8 Å². The summed E-state index contributed by atoms with van der Waals surface area (Å²) < 4.78 is 7.50. The monoisotopic (exact) mass is 396 g/mol. The molecule has 0 fully saturated rings. The average molecular weight is 397 g/mol. The Bertz CT molecular complexity index is 1020. The van der Waals surface area contributed by atoms with Crippen molar-refractivity contribution >= 4 is 23.1 Å². The van der Waals surface area contributed by atoms with Gasteiger partial charge in [0.1, 0.15) is 0 Å². The zero-order valence-corrected chi connectivity index (χ0v) is 16.9. The van der Waals surface area contributed by atoms with Crippen LogP contribution in [0.2, 0.25) is 0 Å². The van der Waals surface area contributed by atoms with E-state index in [1.54, 1.807) is 23.1 Å². The van der Waals surface area contributed by atoms with Gasteiger partial charge in [0.25, 0.3) is 0 Å². The molecule has 0 spiro atoms. The van der Waals surface area contributed by atoms with Gasteiger partial charge in [-0.05, 0) is 55.0 Å². The highest BCUT2D eigenvalue weighted by Gasteiger charge is 2.10. The SMILES string of the molecule is Cc1ccc(-n2ccnc2SCCCc2nc(-c3cccs3)no2)cc1C. The highest BCUT2D eigenvalue weighted by atomic mass is 32.2. The number of rotatable bonds is 7. The zero-order chi connectivity index (χ0) is 18.6. The fraction of sp³-hybridized carbons (Fsp3) is 0.250. The fourth-order valence-corrected chi connectivity index (χ4v) is 4.28. The second kappa shape index (κ2) is 8.10. The van der Waals surface area contributed by atoms with Crippen LogP contribution in [0.5, 0.6) is 0 Å². The Labute approximate surface area is 166 Å². The summed E-state index contributed by atoms with van der Waals surface area (Å²) in [6, 6.07) is 10.5. The number of aromatic nitrogens is 4. The predicted molar refractivity (Wildman–Crippen MR) is 110 cm³/mol. The minimum Gasteiger partial charge on any atom is -0.339 e. The number of imidazole rings is 1. The summed E-state index contributed by atoms with van der Waals surface area (Å²) in [6.45, 7) is 4.27. The van der Waals surface area contributed by atoms with Crippen molar-refractivity contribution in [2.24, 2.45) is 0 Å². The third kappa shape index (κ3) is 4.14. The first-order valence-electron chi connectivity index (χ1n) is 8.81. The molecule has 0 aliphatic heterocycles. The van der Waals surface area contributed by atoms with Gasteiger partial charge in [-0.1, -0.05) is 29.1 Å². The third-order valence-corrected chi connectivity index (χ3v) is 6.27. The molecule has 4 aromatic rings. The summed E-state index contributed by atoms with van der Waals surface area (Å²) in [6.07, 6.45) is 5.59. The van der Waals surface area contributed by atoms with Crippen LogP contribution >= 0.6 is 23.1 Å². The minimum absolute atomic E-state index is 0.679. The van der Waals surface area contributed by atoms with Crippen LogP contribution in [0.4, 0.5) is 0 Å². The number of thioether (sulfide) groups is 1. The molecule has 0 N–H and O–H groups in total. The van der Waals surface area contributed by atoms with Crippen molar-refractivity contribution in [2.45, 2.75) is 31.8 Å². The maximum absolute atomic E-state index is 5.36. The summed E-state index contributed by atoms with van der Waals surface area (Å²) in [5, 5.41) is 7.07. The highest BCUT2D eigenvalue weighted by molar-refractivity contribution is 7.99. The largest absolute Gasteiger partial charge is 0.339 e. The van der Waals surface area contributed by atoms with Crippen molar-refractivity contribution in [3.63, 3.8) is 0 Å². The fourth-order valence-electron chi connectivity index (χ4n) is 2.72. The van der Waals surface area contributed by atoms with Crippen LogP contribution in [0.3, 0.4) is 0 Å². The van der Waals surface area contributed by atoms with Gasteiger partial charge >= 0.3 is 0 Å². The molecule has 0 saturated heterocycles. The first-order valence-corrected chi connectivity index (χ1v) is 10.7. The van der Waals surface area contributed by atoms with E-state index in [1.807, 2.05) is 29.9 Å². The number of benzene rings is 1. The van der Waals surface area contributed by atoms with Crippen molar-refractivity contribution in [3.05, 3.63) is 65.1 Å². The average Bonchev–Trinajstić information content (AvgIpc) is 3.42. The van der Waals surface area contributed by atoms with E-state index in [0.29, 0.717) is 11.7 Å². The molecule has 27 heavy (non-hydrogen) atoms. The van der Waals surface area contributed by atoms with Crippen LogP contribution in [0.15, 0.2) is 57.8 Å². The van der Waals surface area contributed by atoms with Gasteiger partial charge in [0.05, 0.1) is 4.88 Å². The molecule has 0 aliphatic rings. The van der Waals surface area contributed by atoms with Crippen molar-refractivity contribution in [1.82, 2.24) is 19.7 Å². The van der Waals surface area contributed by atoms with E-state index in [0.717, 1.165) is 34.3 Å². The van der Waals surface area contributed by atoms with Crippen LogP contribution in [-0.2, 0) is 6.42 Å². The van der Waals surface area contributed by atoms with Crippen LogP contribution < -0.4 is 0 Å². The lowest BCUT2D eigenvalue weighted by Crippen LogP contribution is -1.97. The van der Waals surface area contributed by atoms with Gasteiger partial charge in [0.2, 0.25) is 11.7 Å². The van der Waals surface area contributed by atoms with E-state index < -0.39 is 0 Å². The van der Waals surface area contributed by atoms with Gasteiger partial charge in [0.15, 0.2) is 5.16 Å². The molecule has 0 amide bonds. The van der Waals surface area contributed by atoms with Crippen molar-refractivity contribution < 1.29 is 4.52 Å². The Balaban J connectivity index is 1.34. The van der Waals surface area contributed by atoms with Crippen LogP contribution in [0.25, 0.3) is 16.4 Å². The smallest absolute Gasteiger partial charge is 0.227 e. The molecule has 0 saturated carbocycles. The van der Waals surface area contributed by atoms with Crippen molar-refractivity contribution in [3.8, 4) is 16.4 Å². The Morgan fingerprint density at radius 3 is 2.93 bits per heavy atom. The number of nitrogens with zero attached hydrogens (tertiary/aromatic N) is 4. The second-order valence-corrected chi connectivity index (χ2v) is 8.30. The molecule has 4 rings (SSSR count). The lowest BCUT2D eigenvalue weighted by molar-refractivity contribution is 0.378. The van der Waals surface area contributed by atoms with Crippen LogP contribution in [-0.4, -0.2) is 25.4 Å². The molecular weight excluding hydrogens is 376 g/mol. The molecule has 3 aromatic heterocycles. The molecule has 1 aromatic carbocycles. The number of hydrogen-bond donors (Lipinski definition) is 0. The van der Waals surface area contributed by atoms with E-state index in [4.69, 9.17) is 4.52 Å². The molecule has 0 aliphatic carbocycles. The Hall–Kier alpha value is -2.38. The first kappa shape index (κ1) is 18.0. The summed E-state index contributed by atoms with van der Waals surface area (Å²) in [7, 11) is 0. The lowest BCUT2D eigenvalue weighted by Gasteiger charge is -2.09. The summed E-state index contributed by atoms with van der Waals surface area (Å²) in [4.78, 5) is 10.0. The van der Waals surface area contributed by atoms with Crippen molar-refractivity contribution in [1.29, 1.82) is 0 Å². The van der Waals surface area contributed by atoms with Crippen molar-refractivity contribution in [2.75, 3.05) is 5.75 Å². The molecular formula is C20H20N4OS2. The molecule has 5 nitrogen and oxygen atoms in total. The van der Waals surface area contributed by atoms with Gasteiger partial charge < -0.3 is 4.52 Å². The van der Waals surface area contributed by atoms with E-state index in [-0.39, 0.29) is 0 Å². The standard InChI is InChI=1S/C20H20N4OS2/c1-14-7-8-16(13-15(14)2)24-10-9-21-20(24)27-12-4-6-18-22-19(23-25-18)17-5-3-11-26-17/h3,5,7-11,13H,4,6,12H2,1-2H3. The lowest BCUT2D eigenvalue weighted by atomic mass is 10.1. The zero-order valence-electron chi connectivity index (χ0n) is 15.3. The molecule has 0 unspecified atom stereocenters. The van der Waals surface area contributed by atoms with Gasteiger partial charge in [-0.15, -0.1) is 11.3 Å². The van der Waals surface area contributed by atoms with Crippen LogP contribution in [0.1, 0.15) is 23.4 Å². The summed E-state index contributed by atoms with van der Waals surface area (Å²) in [5.41, 5.74) is 3.74. The topological polar surface area (TPSA) is 56.7 Å². The molecule has 3 heterocycles. The normalized spacial score (nSPS) is 11.2. The molecule has 0 atom stereocenters. The third-order valence-electron chi connectivity index (χ3n) is 4.35. The van der Waals surface area contributed by atoms with Gasteiger partial charge in [-0.3, -0.25) is 4.57 Å². The van der Waals surface area contributed by atoms with E-state index in [1.165, 1.54) is 11.1 Å². The molecule has 7 heteroatoms. The number of hydrogen-bond acceptors (Lipinski definition) is 6. The Morgan fingerprint density at radius 2 is 2.11 bits per heavy atom. The maximum atomic E-state index is 5.36. The number of thiophene rings is 1. The Morgan fingerprint density at radius 1 is 1.19 bits per heavy atom. The van der Waals surface area contributed by atoms with Gasteiger partial charge in [-0.25, -0.2) is 4.98 Å². The Kier molecular flexibility index (Phi) is 5.40. The van der Waals surface area contributed by atoms with Gasteiger partial charge in [0, 0.05) is 30.3 Å². The highest BCUT2D eigenvalue weighted by Crippen LogP contribution is 2.24. The first-order chi connectivity index (χ1) is 13.2. The van der Waals surface area contributed by atoms with E-state index in [2.05, 4.69) is 51.7 Å². The molecule has 0 radical (unpaired) electrons. The van der Waals surface area contributed by atoms with Gasteiger partial charge in [-0.2, -0.15) is 4.98 Å². The molecule has 138 valence electrons. The quantitative estimate of drug-likeness (QED) is 0.312. The minimum atomic E-state index is 0.679. The summed E-state index contributed by atoms with van der Waals surface area (Å²) >= 11 is 3.36. The molecule has 0 bridgehead atoms. The maximum Gasteiger partial charge on any atom is 0.227 e. The predicted octanol–water partition coefficient (Wildman–Crippen LogP) is 5.33. The number of aryl methyl sites for hydroxylation is 3. The van der Waals surface area contributed by atoms with E-state index >= 15 is 0 Å².